The van der Waals surface area contributed by atoms with E-state index in [2.05, 4.69) is 41.7 Å². The maximum atomic E-state index is 10.3. The Kier molecular flexibility index (Phi) is 5.35. The molecule has 1 fully saturated rings. The van der Waals surface area contributed by atoms with Crippen molar-refractivity contribution < 1.29 is 9.84 Å². The molecule has 0 spiro atoms. The molecule has 138 valence electrons. The van der Waals surface area contributed by atoms with Crippen LogP contribution in [0.1, 0.15) is 16.7 Å². The van der Waals surface area contributed by atoms with Gasteiger partial charge in [-0.25, -0.2) is 0 Å². The lowest BCUT2D eigenvalue weighted by molar-refractivity contribution is -0.0252. The van der Waals surface area contributed by atoms with E-state index in [0.29, 0.717) is 13.2 Å². The maximum Gasteiger partial charge on any atom is 0.143 e. The highest BCUT2D eigenvalue weighted by molar-refractivity contribution is 5.47. The highest BCUT2D eigenvalue weighted by Crippen LogP contribution is 2.40. The number of hydrogen-bond donors (Lipinski definition) is 2. The molecule has 1 saturated heterocycles. The molecule has 3 nitrogen and oxygen atoms in total. The molecule has 2 atom stereocenters. The Morgan fingerprint density at radius 3 is 1.56 bits per heavy atom. The molecule has 4 rings (SSSR count). The van der Waals surface area contributed by atoms with Gasteiger partial charge in [0.05, 0.1) is 12.7 Å². The highest BCUT2D eigenvalue weighted by atomic mass is 16.5. The van der Waals surface area contributed by atoms with Crippen LogP contribution in [0.4, 0.5) is 0 Å². The summed E-state index contributed by atoms with van der Waals surface area (Å²) in [5.74, 6) is 0.0838. The lowest BCUT2D eigenvalue weighted by Gasteiger charge is -2.37. The van der Waals surface area contributed by atoms with Crippen LogP contribution in [0.3, 0.4) is 0 Å². The average Bonchev–Trinajstić information content (AvgIpc) is 3.16. The normalized spacial score (nSPS) is 19.9. The van der Waals surface area contributed by atoms with Gasteiger partial charge in [0.2, 0.25) is 0 Å². The van der Waals surface area contributed by atoms with Crippen molar-refractivity contribution in [2.75, 3.05) is 19.7 Å². The molecule has 0 amide bonds. The van der Waals surface area contributed by atoms with Crippen molar-refractivity contribution in [3.63, 3.8) is 0 Å². The molecule has 0 aliphatic carbocycles. The summed E-state index contributed by atoms with van der Waals surface area (Å²) in [6, 6.07) is 31.0. The van der Waals surface area contributed by atoms with Crippen LogP contribution in [-0.2, 0) is 10.3 Å². The first-order chi connectivity index (χ1) is 13.3. The highest BCUT2D eigenvalue weighted by Gasteiger charge is 2.39. The maximum absolute atomic E-state index is 10.3. The number of benzene rings is 3. The fourth-order valence-electron chi connectivity index (χ4n) is 3.89. The van der Waals surface area contributed by atoms with Gasteiger partial charge in [-0.3, -0.25) is 0 Å². The minimum atomic E-state index is -0.716. The molecule has 2 N–H and O–H groups in total. The summed E-state index contributed by atoms with van der Waals surface area (Å²) < 4.78 is 6.74. The number of aliphatic hydroxyl groups is 1. The van der Waals surface area contributed by atoms with Gasteiger partial charge in [0.25, 0.3) is 0 Å². The Morgan fingerprint density at radius 1 is 0.741 bits per heavy atom. The Bertz CT molecular complexity index is 739. The minimum Gasteiger partial charge on any atom is -0.391 e. The van der Waals surface area contributed by atoms with Crippen molar-refractivity contribution in [3.8, 4) is 0 Å². The molecular weight excluding hydrogens is 334 g/mol. The summed E-state index contributed by atoms with van der Waals surface area (Å²) in [5, 5.41) is 13.5. The van der Waals surface area contributed by atoms with Crippen LogP contribution in [0.2, 0.25) is 0 Å². The lowest BCUT2D eigenvalue weighted by atomic mass is 9.80. The van der Waals surface area contributed by atoms with Gasteiger partial charge in [-0.15, -0.1) is 0 Å². The van der Waals surface area contributed by atoms with Gasteiger partial charge in [0.15, 0.2) is 0 Å². The zero-order chi connectivity index (χ0) is 18.5. The zero-order valence-electron chi connectivity index (χ0n) is 15.3. The smallest absolute Gasteiger partial charge is 0.143 e. The second-order valence-electron chi connectivity index (χ2n) is 7.08. The van der Waals surface area contributed by atoms with Crippen LogP contribution >= 0.6 is 0 Å². The predicted octanol–water partition coefficient (Wildman–Crippen LogP) is 3.58. The van der Waals surface area contributed by atoms with E-state index in [0.717, 1.165) is 23.2 Å². The zero-order valence-corrected chi connectivity index (χ0v) is 15.3. The van der Waals surface area contributed by atoms with Crippen LogP contribution in [0, 0.1) is 5.92 Å². The fourth-order valence-corrected chi connectivity index (χ4v) is 3.89. The minimum absolute atomic E-state index is 0.0838. The number of β-amino-alcohol motifs (C(OH)–C–C–N with tert-alkyl or cyclic N) is 1. The Morgan fingerprint density at radius 2 is 1.19 bits per heavy atom. The topological polar surface area (TPSA) is 41.5 Å². The summed E-state index contributed by atoms with van der Waals surface area (Å²) in [4.78, 5) is 0. The van der Waals surface area contributed by atoms with E-state index >= 15 is 0 Å². The molecule has 1 heterocycles. The van der Waals surface area contributed by atoms with Crippen LogP contribution in [-0.4, -0.2) is 30.9 Å². The van der Waals surface area contributed by atoms with Gasteiger partial charge in [-0.2, -0.15) is 0 Å². The van der Waals surface area contributed by atoms with Gasteiger partial charge in [-0.1, -0.05) is 91.0 Å². The third kappa shape index (κ3) is 3.54. The van der Waals surface area contributed by atoms with Crippen molar-refractivity contribution in [2.24, 2.45) is 5.92 Å². The van der Waals surface area contributed by atoms with Crippen molar-refractivity contribution in [2.45, 2.75) is 11.7 Å². The standard InChI is InChI=1S/C24H25NO2/c26-23-17-25-16-19(23)18-27-24(20-10-4-1-5-11-20,21-12-6-2-7-13-21)22-14-8-3-9-15-22/h1-15,19,23,25-26H,16-18H2/t19-,23+/m1/s1. The SMILES string of the molecule is O[C@H]1CNC[C@@H]1COC(c1ccccc1)(c1ccccc1)c1ccccc1. The van der Waals surface area contributed by atoms with Gasteiger partial charge in [0, 0.05) is 19.0 Å². The Balaban J connectivity index is 1.84. The van der Waals surface area contributed by atoms with Crippen LogP contribution in [0.5, 0.6) is 0 Å². The molecule has 3 heteroatoms. The van der Waals surface area contributed by atoms with Gasteiger partial charge < -0.3 is 15.2 Å². The lowest BCUT2D eigenvalue weighted by Crippen LogP contribution is -2.36. The number of hydrogen-bond acceptors (Lipinski definition) is 3. The van der Waals surface area contributed by atoms with E-state index in [1.54, 1.807) is 0 Å². The van der Waals surface area contributed by atoms with Crippen LogP contribution in [0.25, 0.3) is 0 Å². The summed E-state index contributed by atoms with van der Waals surface area (Å²) in [6.45, 7) is 1.88. The van der Waals surface area contributed by atoms with Crippen LogP contribution in [0.15, 0.2) is 91.0 Å². The quantitative estimate of drug-likeness (QED) is 0.661. The largest absolute Gasteiger partial charge is 0.391 e. The molecule has 0 bridgehead atoms. The van der Waals surface area contributed by atoms with E-state index in [1.807, 2.05) is 54.6 Å². The molecule has 1 aliphatic rings. The second-order valence-corrected chi connectivity index (χ2v) is 7.08. The molecule has 0 saturated carbocycles. The van der Waals surface area contributed by atoms with Gasteiger partial charge >= 0.3 is 0 Å². The first-order valence-corrected chi connectivity index (χ1v) is 9.50. The molecule has 27 heavy (non-hydrogen) atoms. The summed E-state index contributed by atoms with van der Waals surface area (Å²) >= 11 is 0. The molecule has 3 aromatic carbocycles. The van der Waals surface area contributed by atoms with E-state index < -0.39 is 5.60 Å². The Hall–Kier alpha value is -2.46. The third-order valence-electron chi connectivity index (χ3n) is 5.36. The molecule has 1 aliphatic heterocycles. The van der Waals surface area contributed by atoms with E-state index in [1.165, 1.54) is 0 Å². The predicted molar refractivity (Wildman–Crippen MR) is 108 cm³/mol. The molecule has 0 unspecified atom stereocenters. The number of ether oxygens (including phenoxy) is 1. The third-order valence-corrected chi connectivity index (χ3v) is 5.36. The first-order valence-electron chi connectivity index (χ1n) is 9.50. The van der Waals surface area contributed by atoms with Crippen molar-refractivity contribution in [1.29, 1.82) is 0 Å². The fraction of sp³-hybridized carbons (Fsp3) is 0.250. The van der Waals surface area contributed by atoms with Crippen molar-refractivity contribution in [3.05, 3.63) is 108 Å². The van der Waals surface area contributed by atoms with Gasteiger partial charge in [0.1, 0.15) is 5.60 Å². The monoisotopic (exact) mass is 359 g/mol. The molecule has 0 aromatic heterocycles. The molecular formula is C24H25NO2. The van der Waals surface area contributed by atoms with Gasteiger partial charge in [-0.05, 0) is 16.7 Å². The van der Waals surface area contributed by atoms with Crippen molar-refractivity contribution in [1.82, 2.24) is 5.32 Å². The van der Waals surface area contributed by atoms with E-state index in [4.69, 9.17) is 4.74 Å². The second kappa shape index (κ2) is 8.05. The van der Waals surface area contributed by atoms with Crippen molar-refractivity contribution >= 4 is 0 Å². The first kappa shape index (κ1) is 17.9. The molecule has 0 radical (unpaired) electrons. The number of rotatable bonds is 6. The van der Waals surface area contributed by atoms with E-state index in [-0.39, 0.29) is 12.0 Å². The molecule has 3 aromatic rings. The van der Waals surface area contributed by atoms with Crippen LogP contribution < -0.4 is 5.32 Å². The number of nitrogens with one attached hydrogen (secondary N) is 1. The summed E-state index contributed by atoms with van der Waals surface area (Å²) in [5.41, 5.74) is 2.54. The van der Waals surface area contributed by atoms with E-state index in [9.17, 15) is 5.11 Å². The summed E-state index contributed by atoms with van der Waals surface area (Å²) in [7, 11) is 0. The Labute approximate surface area is 160 Å². The summed E-state index contributed by atoms with van der Waals surface area (Å²) in [6.07, 6.45) is -0.370. The number of aliphatic hydroxyl groups excluding tert-OH is 1. The average molecular weight is 359 g/mol.